The molecule has 0 atom stereocenters. The van der Waals surface area contributed by atoms with Crippen LogP contribution in [-0.2, 0) is 6.54 Å². The van der Waals surface area contributed by atoms with Crippen LogP contribution >= 0.6 is 15.9 Å². The van der Waals surface area contributed by atoms with Gasteiger partial charge < -0.3 is 10.6 Å². The third-order valence-electron chi connectivity index (χ3n) is 3.56. The zero-order chi connectivity index (χ0) is 13.0. The fourth-order valence-electron chi connectivity index (χ4n) is 2.47. The van der Waals surface area contributed by atoms with Gasteiger partial charge in [0.15, 0.2) is 5.82 Å². The summed E-state index contributed by atoms with van der Waals surface area (Å²) in [5, 5.41) is 0. The van der Waals surface area contributed by atoms with Gasteiger partial charge >= 0.3 is 0 Å². The van der Waals surface area contributed by atoms with Crippen LogP contribution in [0, 0.1) is 5.82 Å². The first kappa shape index (κ1) is 13.8. The molecule has 0 bridgehead atoms. The van der Waals surface area contributed by atoms with E-state index in [1.807, 2.05) is 12.1 Å². The van der Waals surface area contributed by atoms with Crippen molar-refractivity contribution < 1.29 is 4.39 Å². The fourth-order valence-corrected chi connectivity index (χ4v) is 2.97. The van der Waals surface area contributed by atoms with E-state index in [9.17, 15) is 4.39 Å². The van der Waals surface area contributed by atoms with Gasteiger partial charge in [0.2, 0.25) is 0 Å². The lowest BCUT2D eigenvalue weighted by Gasteiger charge is -2.27. The van der Waals surface area contributed by atoms with Crippen molar-refractivity contribution in [2.24, 2.45) is 5.73 Å². The summed E-state index contributed by atoms with van der Waals surface area (Å²) in [6.07, 6.45) is 6.11. The Morgan fingerprint density at radius 2 is 1.72 bits per heavy atom. The molecule has 0 unspecified atom stereocenters. The Morgan fingerprint density at radius 1 is 1.11 bits per heavy atom. The summed E-state index contributed by atoms with van der Waals surface area (Å²) < 4.78 is 14.8. The van der Waals surface area contributed by atoms with E-state index in [0.29, 0.717) is 16.7 Å². The lowest BCUT2D eigenvalue weighted by molar-refractivity contribution is 0.543. The Morgan fingerprint density at radius 3 is 2.33 bits per heavy atom. The van der Waals surface area contributed by atoms with Gasteiger partial charge in [0.1, 0.15) is 0 Å². The molecular weight excluding hydrogens is 295 g/mol. The molecular formula is C14H20BrFN2. The lowest BCUT2D eigenvalue weighted by atomic mass is 10.1. The van der Waals surface area contributed by atoms with E-state index in [2.05, 4.69) is 20.8 Å². The van der Waals surface area contributed by atoms with Crippen LogP contribution in [0.15, 0.2) is 16.6 Å². The number of anilines is 1. The molecule has 2 rings (SSSR count). The standard InChI is InChI=1S/C14H20BrFN2/c15-13-11(10-17)6-7-12(14(13)16)18-8-4-2-1-3-5-9-18/h6-7H,1-5,8-10,17H2. The zero-order valence-corrected chi connectivity index (χ0v) is 12.2. The zero-order valence-electron chi connectivity index (χ0n) is 10.6. The molecule has 1 aromatic carbocycles. The molecule has 1 fully saturated rings. The highest BCUT2D eigenvalue weighted by molar-refractivity contribution is 9.10. The van der Waals surface area contributed by atoms with Crippen LogP contribution in [0.5, 0.6) is 0 Å². The van der Waals surface area contributed by atoms with E-state index >= 15 is 0 Å². The molecule has 0 amide bonds. The summed E-state index contributed by atoms with van der Waals surface area (Å²) in [4.78, 5) is 2.17. The number of nitrogens with zero attached hydrogens (tertiary/aromatic N) is 1. The van der Waals surface area contributed by atoms with E-state index < -0.39 is 0 Å². The molecule has 100 valence electrons. The lowest BCUT2D eigenvalue weighted by Crippen LogP contribution is -2.28. The van der Waals surface area contributed by atoms with Crippen LogP contribution < -0.4 is 10.6 Å². The Labute approximate surface area is 116 Å². The summed E-state index contributed by atoms with van der Waals surface area (Å²) >= 11 is 3.31. The summed E-state index contributed by atoms with van der Waals surface area (Å²) in [5.74, 6) is -0.168. The molecule has 0 radical (unpaired) electrons. The summed E-state index contributed by atoms with van der Waals surface area (Å²) in [5.41, 5.74) is 7.12. The van der Waals surface area contributed by atoms with Gasteiger partial charge in [-0.2, -0.15) is 0 Å². The highest BCUT2D eigenvalue weighted by atomic mass is 79.9. The Kier molecular flexibility index (Phi) is 5.01. The Balaban J connectivity index is 2.23. The number of nitrogens with two attached hydrogens (primary N) is 1. The minimum atomic E-state index is -0.168. The number of hydrogen-bond acceptors (Lipinski definition) is 2. The number of rotatable bonds is 2. The van der Waals surface area contributed by atoms with Crippen molar-refractivity contribution in [2.75, 3.05) is 18.0 Å². The first-order chi connectivity index (χ1) is 8.74. The van der Waals surface area contributed by atoms with Crippen LogP contribution in [0.3, 0.4) is 0 Å². The SMILES string of the molecule is NCc1ccc(N2CCCCCCC2)c(F)c1Br. The molecule has 0 saturated carbocycles. The van der Waals surface area contributed by atoms with E-state index in [1.54, 1.807) is 0 Å². The predicted octanol–water partition coefficient (Wildman–Crippen LogP) is 3.82. The van der Waals surface area contributed by atoms with Crippen LogP contribution in [0.25, 0.3) is 0 Å². The normalized spacial score (nSPS) is 17.4. The molecule has 1 aliphatic heterocycles. The van der Waals surface area contributed by atoms with Gasteiger partial charge in [-0.3, -0.25) is 0 Å². The highest BCUT2D eigenvalue weighted by Gasteiger charge is 2.16. The Hall–Kier alpha value is -0.610. The molecule has 1 heterocycles. The first-order valence-corrected chi connectivity index (χ1v) is 7.45. The van der Waals surface area contributed by atoms with Crippen molar-refractivity contribution in [2.45, 2.75) is 38.6 Å². The van der Waals surface area contributed by atoms with Crippen molar-refractivity contribution in [3.05, 3.63) is 28.0 Å². The predicted molar refractivity (Wildman–Crippen MR) is 77.3 cm³/mol. The summed E-state index contributed by atoms with van der Waals surface area (Å²) in [7, 11) is 0. The second kappa shape index (κ2) is 6.53. The second-order valence-electron chi connectivity index (χ2n) is 4.83. The maximum atomic E-state index is 14.3. The third-order valence-corrected chi connectivity index (χ3v) is 4.42. The van der Waals surface area contributed by atoms with Gasteiger partial charge in [-0.25, -0.2) is 4.39 Å². The van der Waals surface area contributed by atoms with E-state index in [4.69, 9.17) is 5.73 Å². The van der Waals surface area contributed by atoms with E-state index in [-0.39, 0.29) is 5.82 Å². The average molecular weight is 315 g/mol. The maximum absolute atomic E-state index is 14.3. The van der Waals surface area contributed by atoms with Gasteiger partial charge in [0.25, 0.3) is 0 Å². The van der Waals surface area contributed by atoms with Crippen LogP contribution in [0.2, 0.25) is 0 Å². The molecule has 4 heteroatoms. The van der Waals surface area contributed by atoms with Crippen LogP contribution in [0.1, 0.15) is 37.7 Å². The van der Waals surface area contributed by atoms with E-state index in [0.717, 1.165) is 31.5 Å². The summed E-state index contributed by atoms with van der Waals surface area (Å²) in [6, 6.07) is 3.78. The van der Waals surface area contributed by atoms with Crippen molar-refractivity contribution in [1.82, 2.24) is 0 Å². The minimum absolute atomic E-state index is 0.168. The molecule has 2 N–H and O–H groups in total. The second-order valence-corrected chi connectivity index (χ2v) is 5.62. The molecule has 2 nitrogen and oxygen atoms in total. The van der Waals surface area contributed by atoms with Gasteiger partial charge in [0, 0.05) is 19.6 Å². The fraction of sp³-hybridized carbons (Fsp3) is 0.571. The van der Waals surface area contributed by atoms with Gasteiger partial charge in [-0.1, -0.05) is 25.3 Å². The number of hydrogen-bond donors (Lipinski definition) is 1. The molecule has 0 aromatic heterocycles. The molecule has 1 aliphatic rings. The quantitative estimate of drug-likeness (QED) is 0.899. The highest BCUT2D eigenvalue weighted by Crippen LogP contribution is 2.30. The first-order valence-electron chi connectivity index (χ1n) is 6.66. The molecule has 1 saturated heterocycles. The summed E-state index contributed by atoms with van der Waals surface area (Å²) in [6.45, 7) is 2.26. The maximum Gasteiger partial charge on any atom is 0.160 e. The largest absolute Gasteiger partial charge is 0.369 e. The molecule has 18 heavy (non-hydrogen) atoms. The topological polar surface area (TPSA) is 29.3 Å². The van der Waals surface area contributed by atoms with Gasteiger partial charge in [-0.05, 0) is 40.4 Å². The number of halogens is 2. The molecule has 0 spiro atoms. The smallest absolute Gasteiger partial charge is 0.160 e. The van der Waals surface area contributed by atoms with Crippen LogP contribution in [-0.4, -0.2) is 13.1 Å². The number of benzene rings is 1. The van der Waals surface area contributed by atoms with Crippen molar-refractivity contribution in [1.29, 1.82) is 0 Å². The molecule has 0 aliphatic carbocycles. The van der Waals surface area contributed by atoms with E-state index in [1.165, 1.54) is 19.3 Å². The Bertz CT molecular complexity index is 401. The van der Waals surface area contributed by atoms with Crippen molar-refractivity contribution >= 4 is 21.6 Å². The third kappa shape index (κ3) is 3.04. The minimum Gasteiger partial charge on any atom is -0.369 e. The van der Waals surface area contributed by atoms with Crippen molar-refractivity contribution in [3.8, 4) is 0 Å². The molecule has 1 aromatic rings. The van der Waals surface area contributed by atoms with Gasteiger partial charge in [-0.15, -0.1) is 0 Å². The van der Waals surface area contributed by atoms with Crippen molar-refractivity contribution in [3.63, 3.8) is 0 Å². The van der Waals surface area contributed by atoms with Crippen LogP contribution in [0.4, 0.5) is 10.1 Å². The monoisotopic (exact) mass is 314 g/mol. The average Bonchev–Trinajstić information content (AvgIpc) is 2.33. The van der Waals surface area contributed by atoms with Gasteiger partial charge in [0.05, 0.1) is 10.2 Å².